The zero-order valence-corrected chi connectivity index (χ0v) is 12.4. The fourth-order valence-electron chi connectivity index (χ4n) is 2.28. The molecule has 0 radical (unpaired) electrons. The Morgan fingerprint density at radius 1 is 1.43 bits per heavy atom. The Kier molecular flexibility index (Phi) is 5.71. The Hall–Kier alpha value is -1.92. The normalized spacial score (nSPS) is 18.9. The van der Waals surface area contributed by atoms with Gasteiger partial charge >= 0.3 is 0 Å². The van der Waals surface area contributed by atoms with Gasteiger partial charge in [-0.15, -0.1) is 0 Å². The van der Waals surface area contributed by atoms with Gasteiger partial charge in [-0.1, -0.05) is 12.1 Å². The number of nitrogens with one attached hydrogen (secondary N) is 2. The van der Waals surface area contributed by atoms with E-state index in [-0.39, 0.29) is 18.2 Å². The minimum absolute atomic E-state index is 0.0936. The Labute approximate surface area is 123 Å². The highest BCUT2D eigenvalue weighted by atomic mass is 16.5. The number of amides is 2. The molecule has 0 spiro atoms. The molecule has 0 aliphatic carbocycles. The summed E-state index contributed by atoms with van der Waals surface area (Å²) in [7, 11) is 0. The molecular formula is C14H22N4O3. The number of carbonyl (C=O) groups excluding carboxylic acids is 2. The van der Waals surface area contributed by atoms with Crippen LogP contribution in [0.1, 0.15) is 50.7 Å². The van der Waals surface area contributed by atoms with Crippen molar-refractivity contribution in [1.82, 2.24) is 20.8 Å². The van der Waals surface area contributed by atoms with Crippen LogP contribution in [0.15, 0.2) is 4.52 Å². The van der Waals surface area contributed by atoms with E-state index >= 15 is 0 Å². The molecule has 1 fully saturated rings. The summed E-state index contributed by atoms with van der Waals surface area (Å²) in [6.07, 6.45) is 4.97. The molecule has 2 N–H and O–H groups in total. The van der Waals surface area contributed by atoms with Crippen molar-refractivity contribution in [1.29, 1.82) is 0 Å². The summed E-state index contributed by atoms with van der Waals surface area (Å²) < 4.78 is 5.08. The van der Waals surface area contributed by atoms with Crippen LogP contribution in [-0.4, -0.2) is 34.5 Å². The summed E-state index contributed by atoms with van der Waals surface area (Å²) in [5, 5.41) is 9.41. The van der Waals surface area contributed by atoms with Crippen LogP contribution in [-0.2, 0) is 22.4 Å². The fraction of sp³-hybridized carbons (Fsp3) is 0.714. The average Bonchev–Trinajstić information content (AvgIpc) is 2.82. The van der Waals surface area contributed by atoms with Crippen molar-refractivity contribution in [3.63, 3.8) is 0 Å². The van der Waals surface area contributed by atoms with Gasteiger partial charge in [0, 0.05) is 25.8 Å². The Balaban J connectivity index is 1.76. The molecule has 1 aromatic rings. The third kappa shape index (κ3) is 4.84. The molecule has 0 bridgehead atoms. The van der Waals surface area contributed by atoms with E-state index < -0.39 is 6.04 Å². The van der Waals surface area contributed by atoms with E-state index in [1.54, 1.807) is 0 Å². The van der Waals surface area contributed by atoms with Crippen molar-refractivity contribution in [3.05, 3.63) is 11.7 Å². The van der Waals surface area contributed by atoms with Crippen LogP contribution in [0, 0.1) is 0 Å². The first kappa shape index (κ1) is 15.5. The van der Waals surface area contributed by atoms with Crippen LogP contribution in [0.4, 0.5) is 0 Å². The van der Waals surface area contributed by atoms with Crippen LogP contribution in [0.25, 0.3) is 0 Å². The number of aryl methyl sites for hydroxylation is 2. The van der Waals surface area contributed by atoms with E-state index in [0.29, 0.717) is 31.1 Å². The van der Waals surface area contributed by atoms with Gasteiger partial charge in [-0.25, -0.2) is 0 Å². The molecule has 7 nitrogen and oxygen atoms in total. The summed E-state index contributed by atoms with van der Waals surface area (Å²) in [6.45, 7) is 2.73. The summed E-state index contributed by atoms with van der Waals surface area (Å²) >= 11 is 0. The SMILES string of the molecule is CCCc1noc(CCC(=O)NC2CCCCNC2=O)n1. The Bertz CT molecular complexity index is 486. The van der Waals surface area contributed by atoms with Crippen LogP contribution in [0.3, 0.4) is 0 Å². The number of rotatable bonds is 6. The highest BCUT2D eigenvalue weighted by Gasteiger charge is 2.22. The average molecular weight is 294 g/mol. The lowest BCUT2D eigenvalue weighted by molar-refractivity contribution is -0.128. The highest BCUT2D eigenvalue weighted by Crippen LogP contribution is 2.07. The zero-order valence-electron chi connectivity index (χ0n) is 12.4. The van der Waals surface area contributed by atoms with Crippen molar-refractivity contribution in [2.24, 2.45) is 0 Å². The molecule has 1 saturated heterocycles. The summed E-state index contributed by atoms with van der Waals surface area (Å²) in [5.41, 5.74) is 0. The van der Waals surface area contributed by atoms with E-state index in [1.807, 2.05) is 6.92 Å². The second kappa shape index (κ2) is 7.75. The molecule has 7 heteroatoms. The van der Waals surface area contributed by atoms with E-state index in [4.69, 9.17) is 4.52 Å². The lowest BCUT2D eigenvalue weighted by Crippen LogP contribution is -2.45. The molecule has 1 aromatic heterocycles. The first-order valence-electron chi connectivity index (χ1n) is 7.57. The van der Waals surface area contributed by atoms with Crippen molar-refractivity contribution in [2.45, 2.75) is 57.9 Å². The topological polar surface area (TPSA) is 97.1 Å². The van der Waals surface area contributed by atoms with E-state index in [9.17, 15) is 9.59 Å². The van der Waals surface area contributed by atoms with Crippen LogP contribution >= 0.6 is 0 Å². The smallest absolute Gasteiger partial charge is 0.242 e. The molecular weight excluding hydrogens is 272 g/mol. The molecule has 2 heterocycles. The maximum absolute atomic E-state index is 11.9. The van der Waals surface area contributed by atoms with E-state index in [2.05, 4.69) is 20.8 Å². The highest BCUT2D eigenvalue weighted by molar-refractivity contribution is 5.87. The minimum atomic E-state index is -0.418. The number of hydrogen-bond donors (Lipinski definition) is 2. The first-order valence-corrected chi connectivity index (χ1v) is 7.57. The number of nitrogens with zero attached hydrogens (tertiary/aromatic N) is 2. The molecule has 0 aromatic carbocycles. The van der Waals surface area contributed by atoms with Gasteiger partial charge in [0.15, 0.2) is 5.82 Å². The maximum Gasteiger partial charge on any atom is 0.242 e. The molecule has 1 aliphatic rings. The predicted octanol–water partition coefficient (Wildman–Crippen LogP) is 0.740. The van der Waals surface area contributed by atoms with Crippen molar-refractivity contribution >= 4 is 11.8 Å². The van der Waals surface area contributed by atoms with Crippen molar-refractivity contribution < 1.29 is 14.1 Å². The molecule has 116 valence electrons. The number of aromatic nitrogens is 2. The number of carbonyl (C=O) groups is 2. The molecule has 0 saturated carbocycles. The third-order valence-corrected chi connectivity index (χ3v) is 3.42. The standard InChI is InChI=1S/C14H22N4O3/c1-2-5-11-17-13(21-18-11)8-7-12(19)16-10-6-3-4-9-15-14(10)20/h10H,2-9H2,1H3,(H,15,20)(H,16,19). The third-order valence-electron chi connectivity index (χ3n) is 3.42. The quantitative estimate of drug-likeness (QED) is 0.806. The van der Waals surface area contributed by atoms with E-state index in [1.165, 1.54) is 0 Å². The molecule has 2 amide bonds. The molecule has 1 atom stereocenters. The fourth-order valence-corrected chi connectivity index (χ4v) is 2.28. The second-order valence-electron chi connectivity index (χ2n) is 5.26. The first-order chi connectivity index (χ1) is 10.2. The maximum atomic E-state index is 11.9. The van der Waals surface area contributed by atoms with Crippen LogP contribution in [0.2, 0.25) is 0 Å². The summed E-state index contributed by atoms with van der Waals surface area (Å²) in [5.74, 6) is 0.895. The van der Waals surface area contributed by atoms with Crippen LogP contribution < -0.4 is 10.6 Å². The number of hydrogen-bond acceptors (Lipinski definition) is 5. The Morgan fingerprint density at radius 3 is 3.10 bits per heavy atom. The van der Waals surface area contributed by atoms with Crippen LogP contribution in [0.5, 0.6) is 0 Å². The lowest BCUT2D eigenvalue weighted by Gasteiger charge is -2.14. The van der Waals surface area contributed by atoms with Gasteiger partial charge in [-0.2, -0.15) is 4.98 Å². The molecule has 2 rings (SSSR count). The van der Waals surface area contributed by atoms with Gasteiger partial charge in [-0.3, -0.25) is 9.59 Å². The van der Waals surface area contributed by atoms with Gasteiger partial charge < -0.3 is 15.2 Å². The lowest BCUT2D eigenvalue weighted by atomic mass is 10.1. The van der Waals surface area contributed by atoms with E-state index in [0.717, 1.165) is 25.7 Å². The van der Waals surface area contributed by atoms with Gasteiger partial charge in [0.05, 0.1) is 0 Å². The summed E-state index contributed by atoms with van der Waals surface area (Å²) in [6, 6.07) is -0.418. The predicted molar refractivity (Wildman–Crippen MR) is 75.4 cm³/mol. The Morgan fingerprint density at radius 2 is 2.29 bits per heavy atom. The van der Waals surface area contributed by atoms with Crippen molar-refractivity contribution in [3.8, 4) is 0 Å². The van der Waals surface area contributed by atoms with Gasteiger partial charge in [0.2, 0.25) is 17.7 Å². The van der Waals surface area contributed by atoms with Gasteiger partial charge in [-0.05, 0) is 25.7 Å². The minimum Gasteiger partial charge on any atom is -0.354 e. The molecule has 1 aliphatic heterocycles. The van der Waals surface area contributed by atoms with Gasteiger partial charge in [0.1, 0.15) is 6.04 Å². The largest absolute Gasteiger partial charge is 0.354 e. The molecule has 1 unspecified atom stereocenters. The molecule has 21 heavy (non-hydrogen) atoms. The monoisotopic (exact) mass is 294 g/mol. The van der Waals surface area contributed by atoms with Crippen molar-refractivity contribution in [2.75, 3.05) is 6.54 Å². The zero-order chi connectivity index (χ0) is 15.1. The summed E-state index contributed by atoms with van der Waals surface area (Å²) in [4.78, 5) is 27.8. The second-order valence-corrected chi connectivity index (χ2v) is 5.26. The van der Waals surface area contributed by atoms with Gasteiger partial charge in [0.25, 0.3) is 0 Å².